The maximum absolute atomic E-state index is 11.5. The molecule has 1 aromatic rings. The van der Waals surface area contributed by atoms with Crippen LogP contribution in [0.5, 0.6) is 0 Å². The van der Waals surface area contributed by atoms with Crippen LogP contribution < -0.4 is 11.1 Å². The number of nitrogens with one attached hydrogen (secondary N) is 1. The molecule has 0 fully saturated rings. The average Bonchev–Trinajstić information content (AvgIpc) is 2.52. The SMILES string of the molecule is Cc1cn(C)nc1C(N)CNC(=O)OC(C)(C)C. The highest BCUT2D eigenvalue weighted by molar-refractivity contribution is 5.67. The molecule has 0 bridgehead atoms. The summed E-state index contributed by atoms with van der Waals surface area (Å²) >= 11 is 0. The Labute approximate surface area is 107 Å². The average molecular weight is 254 g/mol. The molecule has 1 rings (SSSR count). The fourth-order valence-electron chi connectivity index (χ4n) is 1.59. The zero-order valence-electron chi connectivity index (χ0n) is 11.7. The molecule has 1 amide bonds. The molecule has 1 atom stereocenters. The highest BCUT2D eigenvalue weighted by atomic mass is 16.6. The number of alkyl carbamates (subject to hydrolysis) is 1. The van der Waals surface area contributed by atoms with Gasteiger partial charge in [-0.15, -0.1) is 0 Å². The summed E-state index contributed by atoms with van der Waals surface area (Å²) in [6.45, 7) is 7.68. The third kappa shape index (κ3) is 4.37. The lowest BCUT2D eigenvalue weighted by Gasteiger charge is -2.20. The van der Waals surface area contributed by atoms with Crippen LogP contribution in [0.4, 0.5) is 4.79 Å². The third-order valence-corrected chi connectivity index (χ3v) is 2.27. The Hall–Kier alpha value is -1.56. The topological polar surface area (TPSA) is 82.2 Å². The van der Waals surface area contributed by atoms with Gasteiger partial charge in [-0.25, -0.2) is 4.79 Å². The second-order valence-corrected chi connectivity index (χ2v) is 5.36. The van der Waals surface area contributed by atoms with E-state index in [1.54, 1.807) is 4.68 Å². The maximum Gasteiger partial charge on any atom is 0.407 e. The van der Waals surface area contributed by atoms with Gasteiger partial charge < -0.3 is 15.8 Å². The highest BCUT2D eigenvalue weighted by Gasteiger charge is 2.18. The Morgan fingerprint density at radius 2 is 2.22 bits per heavy atom. The molecule has 0 saturated heterocycles. The van der Waals surface area contributed by atoms with Gasteiger partial charge in [0, 0.05) is 19.8 Å². The third-order valence-electron chi connectivity index (χ3n) is 2.27. The molecule has 0 spiro atoms. The van der Waals surface area contributed by atoms with Gasteiger partial charge in [0.1, 0.15) is 5.60 Å². The first-order valence-corrected chi connectivity index (χ1v) is 5.91. The van der Waals surface area contributed by atoms with Gasteiger partial charge in [0.25, 0.3) is 0 Å². The van der Waals surface area contributed by atoms with E-state index in [2.05, 4.69) is 10.4 Å². The predicted octanol–water partition coefficient (Wildman–Crippen LogP) is 1.25. The summed E-state index contributed by atoms with van der Waals surface area (Å²) in [7, 11) is 1.84. The number of aromatic nitrogens is 2. The molecule has 18 heavy (non-hydrogen) atoms. The fraction of sp³-hybridized carbons (Fsp3) is 0.667. The number of hydrogen-bond donors (Lipinski definition) is 2. The van der Waals surface area contributed by atoms with E-state index in [1.165, 1.54) is 0 Å². The summed E-state index contributed by atoms with van der Waals surface area (Å²) in [6, 6.07) is -0.335. The molecule has 1 aromatic heterocycles. The molecule has 0 aliphatic heterocycles. The largest absolute Gasteiger partial charge is 0.444 e. The second kappa shape index (κ2) is 5.39. The van der Waals surface area contributed by atoms with Gasteiger partial charge >= 0.3 is 6.09 Å². The first kappa shape index (κ1) is 14.5. The normalized spacial score (nSPS) is 13.2. The minimum atomic E-state index is -0.505. The molecule has 102 valence electrons. The van der Waals surface area contributed by atoms with Crippen molar-refractivity contribution in [3.05, 3.63) is 17.5 Å². The van der Waals surface area contributed by atoms with Crippen LogP contribution >= 0.6 is 0 Å². The van der Waals surface area contributed by atoms with Gasteiger partial charge in [-0.1, -0.05) is 0 Å². The van der Waals surface area contributed by atoms with E-state index in [4.69, 9.17) is 10.5 Å². The molecule has 6 heteroatoms. The first-order valence-electron chi connectivity index (χ1n) is 5.91. The van der Waals surface area contributed by atoms with Crippen molar-refractivity contribution >= 4 is 6.09 Å². The Bertz CT molecular complexity index is 420. The Kier molecular flexibility index (Phi) is 4.34. The number of ether oxygens (including phenoxy) is 1. The number of carbonyl (C=O) groups excluding carboxylic acids is 1. The van der Waals surface area contributed by atoms with Crippen molar-refractivity contribution in [1.29, 1.82) is 0 Å². The molecule has 0 radical (unpaired) electrons. The molecule has 6 nitrogen and oxygen atoms in total. The molecule has 0 aliphatic carbocycles. The number of hydrogen-bond acceptors (Lipinski definition) is 4. The van der Waals surface area contributed by atoms with Crippen molar-refractivity contribution < 1.29 is 9.53 Å². The van der Waals surface area contributed by atoms with Crippen molar-refractivity contribution in [2.45, 2.75) is 39.3 Å². The minimum Gasteiger partial charge on any atom is -0.444 e. The monoisotopic (exact) mass is 254 g/mol. The highest BCUT2D eigenvalue weighted by Crippen LogP contribution is 2.12. The van der Waals surface area contributed by atoms with Crippen molar-refractivity contribution in [2.75, 3.05) is 6.54 Å². The second-order valence-electron chi connectivity index (χ2n) is 5.36. The van der Waals surface area contributed by atoms with Crippen LogP contribution in [0.3, 0.4) is 0 Å². The number of amides is 1. The quantitative estimate of drug-likeness (QED) is 0.850. The van der Waals surface area contributed by atoms with Gasteiger partial charge in [0.05, 0.1) is 11.7 Å². The Morgan fingerprint density at radius 3 is 2.67 bits per heavy atom. The van der Waals surface area contributed by atoms with E-state index in [-0.39, 0.29) is 6.04 Å². The van der Waals surface area contributed by atoms with Gasteiger partial charge in [0.15, 0.2) is 0 Å². The van der Waals surface area contributed by atoms with Crippen molar-refractivity contribution in [1.82, 2.24) is 15.1 Å². The molecule has 1 unspecified atom stereocenters. The zero-order valence-corrected chi connectivity index (χ0v) is 11.7. The summed E-state index contributed by atoms with van der Waals surface area (Å²) in [5.74, 6) is 0. The van der Waals surface area contributed by atoms with Crippen LogP contribution in [0.25, 0.3) is 0 Å². The predicted molar refractivity (Wildman–Crippen MR) is 69.1 cm³/mol. The van der Waals surface area contributed by atoms with Crippen molar-refractivity contribution in [3.8, 4) is 0 Å². The smallest absolute Gasteiger partial charge is 0.407 e. The summed E-state index contributed by atoms with van der Waals surface area (Å²) in [4.78, 5) is 11.5. The van der Waals surface area contributed by atoms with Crippen LogP contribution in [-0.4, -0.2) is 28.0 Å². The molecular formula is C12H22N4O2. The van der Waals surface area contributed by atoms with Crippen LogP contribution in [0, 0.1) is 6.92 Å². The fourth-order valence-corrected chi connectivity index (χ4v) is 1.59. The maximum atomic E-state index is 11.5. The number of rotatable bonds is 3. The summed E-state index contributed by atoms with van der Waals surface area (Å²) in [6.07, 6.45) is 1.43. The minimum absolute atomic E-state index is 0.298. The number of nitrogens with two attached hydrogens (primary N) is 1. The van der Waals surface area contributed by atoms with Crippen LogP contribution in [-0.2, 0) is 11.8 Å². The summed E-state index contributed by atoms with van der Waals surface area (Å²) in [5, 5.41) is 6.90. The Morgan fingerprint density at radius 1 is 1.61 bits per heavy atom. The summed E-state index contributed by atoms with van der Waals surface area (Å²) in [5.41, 5.74) is 7.27. The van der Waals surface area contributed by atoms with Gasteiger partial charge in [-0.05, 0) is 33.3 Å². The van der Waals surface area contributed by atoms with Crippen molar-refractivity contribution in [3.63, 3.8) is 0 Å². The summed E-state index contributed by atoms with van der Waals surface area (Å²) < 4.78 is 6.83. The van der Waals surface area contributed by atoms with Crippen LogP contribution in [0.15, 0.2) is 6.20 Å². The van der Waals surface area contributed by atoms with Crippen LogP contribution in [0.1, 0.15) is 38.1 Å². The van der Waals surface area contributed by atoms with Crippen LogP contribution in [0.2, 0.25) is 0 Å². The van der Waals surface area contributed by atoms with E-state index >= 15 is 0 Å². The molecule has 1 heterocycles. The van der Waals surface area contributed by atoms with Gasteiger partial charge in [-0.3, -0.25) is 4.68 Å². The van der Waals surface area contributed by atoms with E-state index in [0.29, 0.717) is 6.54 Å². The van der Waals surface area contributed by atoms with Crippen molar-refractivity contribution in [2.24, 2.45) is 12.8 Å². The van der Waals surface area contributed by atoms with E-state index in [9.17, 15) is 4.79 Å². The Balaban J connectivity index is 2.49. The van der Waals surface area contributed by atoms with Gasteiger partial charge in [0.2, 0.25) is 0 Å². The molecule has 0 aromatic carbocycles. The lowest BCUT2D eigenvalue weighted by Crippen LogP contribution is -2.36. The number of aryl methyl sites for hydroxylation is 2. The zero-order chi connectivity index (χ0) is 13.9. The standard InChI is InChI=1S/C12H22N4O2/c1-8-7-16(5)15-10(8)9(13)6-14-11(17)18-12(2,3)4/h7,9H,6,13H2,1-5H3,(H,14,17). The lowest BCUT2D eigenvalue weighted by atomic mass is 10.1. The number of nitrogens with zero attached hydrogens (tertiary/aromatic N) is 2. The molecule has 0 aliphatic rings. The van der Waals surface area contributed by atoms with E-state index in [1.807, 2.05) is 40.9 Å². The first-order chi connectivity index (χ1) is 8.19. The molecule has 0 saturated carbocycles. The van der Waals surface area contributed by atoms with Gasteiger partial charge in [-0.2, -0.15) is 5.10 Å². The number of carbonyl (C=O) groups is 1. The molecular weight excluding hydrogens is 232 g/mol. The molecule has 3 N–H and O–H groups in total. The van der Waals surface area contributed by atoms with E-state index < -0.39 is 11.7 Å². The lowest BCUT2D eigenvalue weighted by molar-refractivity contribution is 0.0524. The van der Waals surface area contributed by atoms with E-state index in [0.717, 1.165) is 11.3 Å².